The fourth-order valence-corrected chi connectivity index (χ4v) is 4.98. The van der Waals surface area contributed by atoms with Crippen molar-refractivity contribution in [3.05, 3.63) is 84.5 Å². The number of ether oxygens (including phenoxy) is 2. The van der Waals surface area contributed by atoms with Crippen molar-refractivity contribution >= 4 is 17.8 Å². The molecule has 4 rings (SSSR count). The molecule has 1 saturated heterocycles. The van der Waals surface area contributed by atoms with Crippen LogP contribution in [-0.2, 0) is 0 Å². The Kier molecular flexibility index (Phi) is 10.3. The SMILES string of the molecule is C=CCNc1nc(NCC=C)nc(N2CCC(NCC(c3cc(OC)cc(OC)c3)c3ccccc3C)CC2)n1. The van der Waals surface area contributed by atoms with Gasteiger partial charge in [-0.15, -0.1) is 13.2 Å². The first-order valence-corrected chi connectivity index (χ1v) is 13.8. The van der Waals surface area contributed by atoms with E-state index in [1.807, 2.05) is 6.07 Å². The largest absolute Gasteiger partial charge is 0.497 e. The zero-order chi connectivity index (χ0) is 28.3. The Bertz CT molecular complexity index is 1220. The summed E-state index contributed by atoms with van der Waals surface area (Å²) in [5, 5.41) is 10.2. The van der Waals surface area contributed by atoms with Crippen LogP contribution < -0.4 is 30.3 Å². The highest BCUT2D eigenvalue weighted by Crippen LogP contribution is 2.33. The highest BCUT2D eigenvalue weighted by Gasteiger charge is 2.24. The smallest absolute Gasteiger partial charge is 0.231 e. The first-order chi connectivity index (χ1) is 19.5. The van der Waals surface area contributed by atoms with Gasteiger partial charge >= 0.3 is 0 Å². The molecule has 1 fully saturated rings. The van der Waals surface area contributed by atoms with E-state index in [1.165, 1.54) is 16.7 Å². The number of anilines is 3. The number of aromatic nitrogens is 3. The van der Waals surface area contributed by atoms with E-state index in [4.69, 9.17) is 9.47 Å². The second-order valence-electron chi connectivity index (χ2n) is 9.85. The first-order valence-electron chi connectivity index (χ1n) is 13.8. The Morgan fingerprint density at radius 3 is 2.08 bits per heavy atom. The molecule has 40 heavy (non-hydrogen) atoms. The van der Waals surface area contributed by atoms with Crippen LogP contribution >= 0.6 is 0 Å². The van der Waals surface area contributed by atoms with Gasteiger partial charge in [0.2, 0.25) is 17.8 Å². The number of piperidine rings is 1. The molecule has 0 spiro atoms. The summed E-state index contributed by atoms with van der Waals surface area (Å²) in [6.45, 7) is 13.4. The van der Waals surface area contributed by atoms with Crippen LogP contribution in [0.4, 0.5) is 17.8 Å². The Morgan fingerprint density at radius 1 is 0.925 bits per heavy atom. The average molecular weight is 544 g/mol. The van der Waals surface area contributed by atoms with E-state index in [1.54, 1.807) is 26.4 Å². The van der Waals surface area contributed by atoms with Crippen molar-refractivity contribution in [1.82, 2.24) is 20.3 Å². The molecule has 0 amide bonds. The van der Waals surface area contributed by atoms with E-state index in [0.717, 1.165) is 44.0 Å². The third-order valence-corrected chi connectivity index (χ3v) is 7.16. The molecule has 3 N–H and O–H groups in total. The Balaban J connectivity index is 1.46. The van der Waals surface area contributed by atoms with Gasteiger partial charge in [-0.1, -0.05) is 36.4 Å². The van der Waals surface area contributed by atoms with Crippen LogP contribution in [0.25, 0.3) is 0 Å². The van der Waals surface area contributed by atoms with Gasteiger partial charge in [0.1, 0.15) is 11.5 Å². The summed E-state index contributed by atoms with van der Waals surface area (Å²) >= 11 is 0. The van der Waals surface area contributed by atoms with Gasteiger partial charge in [-0.3, -0.25) is 0 Å². The second-order valence-corrected chi connectivity index (χ2v) is 9.85. The summed E-state index contributed by atoms with van der Waals surface area (Å²) in [4.78, 5) is 16.0. The van der Waals surface area contributed by atoms with Crippen molar-refractivity contribution in [2.45, 2.75) is 31.7 Å². The van der Waals surface area contributed by atoms with E-state index in [9.17, 15) is 0 Å². The van der Waals surface area contributed by atoms with Crippen LogP contribution in [0.1, 0.15) is 35.4 Å². The molecule has 1 aliphatic heterocycles. The van der Waals surface area contributed by atoms with E-state index in [0.29, 0.717) is 37.0 Å². The zero-order valence-corrected chi connectivity index (χ0v) is 23.8. The molecule has 9 heteroatoms. The van der Waals surface area contributed by atoms with Crippen LogP contribution in [0.3, 0.4) is 0 Å². The minimum Gasteiger partial charge on any atom is -0.497 e. The fourth-order valence-electron chi connectivity index (χ4n) is 4.98. The molecule has 2 heterocycles. The highest BCUT2D eigenvalue weighted by molar-refractivity contribution is 5.46. The van der Waals surface area contributed by atoms with Crippen molar-refractivity contribution in [2.24, 2.45) is 0 Å². The minimum atomic E-state index is 0.156. The number of benzene rings is 2. The van der Waals surface area contributed by atoms with E-state index < -0.39 is 0 Å². The van der Waals surface area contributed by atoms with Gasteiger partial charge in [-0.05, 0) is 48.6 Å². The third kappa shape index (κ3) is 7.51. The number of hydrogen-bond donors (Lipinski definition) is 3. The molecule has 0 aliphatic carbocycles. The Morgan fingerprint density at radius 2 is 1.52 bits per heavy atom. The van der Waals surface area contributed by atoms with Gasteiger partial charge in [0.25, 0.3) is 0 Å². The van der Waals surface area contributed by atoms with Crippen LogP contribution in [-0.4, -0.2) is 67.9 Å². The summed E-state index contributed by atoms with van der Waals surface area (Å²) in [5.74, 6) is 3.49. The van der Waals surface area contributed by atoms with E-state index in [-0.39, 0.29) is 5.92 Å². The molecule has 1 aromatic heterocycles. The van der Waals surface area contributed by atoms with Gasteiger partial charge in [0.05, 0.1) is 14.2 Å². The lowest BCUT2D eigenvalue weighted by atomic mass is 9.87. The summed E-state index contributed by atoms with van der Waals surface area (Å²) in [6, 6.07) is 15.1. The average Bonchev–Trinajstić information content (AvgIpc) is 2.99. The van der Waals surface area contributed by atoms with E-state index >= 15 is 0 Å². The topological polar surface area (TPSA) is 96.5 Å². The van der Waals surface area contributed by atoms with Gasteiger partial charge < -0.3 is 30.3 Å². The lowest BCUT2D eigenvalue weighted by Crippen LogP contribution is -2.44. The highest BCUT2D eigenvalue weighted by atomic mass is 16.5. The minimum absolute atomic E-state index is 0.156. The van der Waals surface area contributed by atoms with Crippen LogP contribution in [0.2, 0.25) is 0 Å². The number of nitrogens with zero attached hydrogens (tertiary/aromatic N) is 4. The van der Waals surface area contributed by atoms with Crippen molar-refractivity contribution in [2.75, 3.05) is 62.5 Å². The fraction of sp³-hybridized carbons (Fsp3) is 0.387. The number of nitrogens with one attached hydrogen (secondary N) is 3. The molecule has 1 atom stereocenters. The molecule has 2 aromatic carbocycles. The summed E-state index contributed by atoms with van der Waals surface area (Å²) in [6.07, 6.45) is 5.53. The normalized spacial score (nSPS) is 14.3. The van der Waals surface area contributed by atoms with Crippen molar-refractivity contribution in [3.8, 4) is 11.5 Å². The quantitative estimate of drug-likeness (QED) is 0.248. The van der Waals surface area contributed by atoms with Crippen LogP contribution in [0.15, 0.2) is 67.8 Å². The molecule has 3 aromatic rings. The maximum atomic E-state index is 5.58. The lowest BCUT2D eigenvalue weighted by Gasteiger charge is -2.33. The monoisotopic (exact) mass is 543 g/mol. The molecule has 0 saturated carbocycles. The maximum absolute atomic E-state index is 5.58. The van der Waals surface area contributed by atoms with Gasteiger partial charge in [0.15, 0.2) is 0 Å². The second kappa shape index (κ2) is 14.3. The Labute approximate surface area is 237 Å². The van der Waals surface area contributed by atoms with Gasteiger partial charge in [-0.2, -0.15) is 15.0 Å². The lowest BCUT2D eigenvalue weighted by molar-refractivity contribution is 0.390. The predicted octanol–water partition coefficient (Wildman–Crippen LogP) is 4.78. The third-order valence-electron chi connectivity index (χ3n) is 7.16. The standard InChI is InChI=1S/C31H41N7O2/c1-6-14-32-29-35-30(33-15-7-2)37-31(36-29)38-16-12-24(13-17-38)34-21-28(27-11-9-8-10-22(27)3)23-18-25(39-4)20-26(19-23)40-5/h6-11,18-20,24,28,34H,1-2,12-17,21H2,3-5H3,(H2,32,33,35,36,37). The van der Waals surface area contributed by atoms with Crippen molar-refractivity contribution in [3.63, 3.8) is 0 Å². The van der Waals surface area contributed by atoms with E-state index in [2.05, 4.69) is 92.3 Å². The molecular formula is C31H41N7O2. The predicted molar refractivity (Wildman–Crippen MR) is 163 cm³/mol. The molecule has 1 unspecified atom stereocenters. The summed E-state index contributed by atoms with van der Waals surface area (Å²) < 4.78 is 11.2. The summed E-state index contributed by atoms with van der Waals surface area (Å²) in [5.41, 5.74) is 3.73. The molecule has 9 nitrogen and oxygen atoms in total. The summed E-state index contributed by atoms with van der Waals surface area (Å²) in [7, 11) is 3.38. The van der Waals surface area contributed by atoms with Crippen molar-refractivity contribution in [1.29, 1.82) is 0 Å². The van der Waals surface area contributed by atoms with Gasteiger partial charge in [0, 0.05) is 50.7 Å². The van der Waals surface area contributed by atoms with Crippen molar-refractivity contribution < 1.29 is 9.47 Å². The molecule has 0 bridgehead atoms. The molecule has 0 radical (unpaired) electrons. The van der Waals surface area contributed by atoms with Crippen LogP contribution in [0, 0.1) is 6.92 Å². The number of hydrogen-bond acceptors (Lipinski definition) is 9. The molecule has 212 valence electrons. The van der Waals surface area contributed by atoms with Crippen LogP contribution in [0.5, 0.6) is 11.5 Å². The Hall–Kier alpha value is -4.11. The number of methoxy groups -OCH3 is 2. The maximum Gasteiger partial charge on any atom is 0.231 e. The zero-order valence-electron chi connectivity index (χ0n) is 23.8. The first kappa shape index (κ1) is 28.9. The molecule has 1 aliphatic rings. The number of rotatable bonds is 14. The molecular weight excluding hydrogens is 502 g/mol. The van der Waals surface area contributed by atoms with Gasteiger partial charge in [-0.25, -0.2) is 0 Å². The number of aryl methyl sites for hydroxylation is 1.